The topological polar surface area (TPSA) is 41.6 Å². The quantitative estimate of drug-likeness (QED) is 0.877. The van der Waals surface area contributed by atoms with Crippen LogP contribution in [0.4, 0.5) is 0 Å². The Hall–Kier alpha value is -1.55. The van der Waals surface area contributed by atoms with Crippen LogP contribution in [0, 0.1) is 11.8 Å². The molecule has 2 heterocycles. The summed E-state index contributed by atoms with van der Waals surface area (Å²) in [5.74, 6) is 2.56. The lowest BCUT2D eigenvalue weighted by Crippen LogP contribution is -2.39. The first kappa shape index (κ1) is 16.3. The Bertz CT molecular complexity index is 477. The highest BCUT2D eigenvalue weighted by Gasteiger charge is 2.24. The van der Waals surface area contributed by atoms with Crippen molar-refractivity contribution in [3.8, 4) is 5.75 Å². The Balaban J connectivity index is 1.33. The molecular weight excluding hydrogens is 288 g/mol. The van der Waals surface area contributed by atoms with E-state index in [1.165, 1.54) is 6.42 Å². The predicted molar refractivity (Wildman–Crippen MR) is 91.5 cm³/mol. The number of carbonyl (C=O) groups excluding carboxylic acids is 1. The molecule has 126 valence electrons. The van der Waals surface area contributed by atoms with E-state index in [2.05, 4.69) is 10.2 Å². The number of likely N-dealkylation sites (tertiary alicyclic amines) is 1. The fourth-order valence-electron chi connectivity index (χ4n) is 3.53. The summed E-state index contributed by atoms with van der Waals surface area (Å²) in [5.41, 5.74) is 0. The summed E-state index contributed by atoms with van der Waals surface area (Å²) in [6.07, 6.45) is 5.11. The number of hydrogen-bond donors (Lipinski definition) is 1. The summed E-state index contributed by atoms with van der Waals surface area (Å²) >= 11 is 0. The average Bonchev–Trinajstić information content (AvgIpc) is 3.13. The van der Waals surface area contributed by atoms with E-state index in [0.717, 1.165) is 64.2 Å². The van der Waals surface area contributed by atoms with E-state index in [-0.39, 0.29) is 0 Å². The molecule has 1 N–H and O–H groups in total. The summed E-state index contributed by atoms with van der Waals surface area (Å²) in [7, 11) is 0. The molecule has 2 aliphatic rings. The third-order valence-electron chi connectivity index (χ3n) is 5.12. The first-order chi connectivity index (χ1) is 11.3. The van der Waals surface area contributed by atoms with Crippen LogP contribution in [0.1, 0.15) is 32.1 Å². The second-order valence-corrected chi connectivity index (χ2v) is 6.85. The van der Waals surface area contributed by atoms with Gasteiger partial charge in [-0.05, 0) is 62.7 Å². The maximum atomic E-state index is 12.3. The van der Waals surface area contributed by atoms with Crippen molar-refractivity contribution in [3.05, 3.63) is 30.3 Å². The van der Waals surface area contributed by atoms with Crippen LogP contribution in [0.3, 0.4) is 0 Å². The van der Waals surface area contributed by atoms with Gasteiger partial charge < -0.3 is 15.0 Å². The van der Waals surface area contributed by atoms with Gasteiger partial charge in [0.15, 0.2) is 0 Å². The van der Waals surface area contributed by atoms with Crippen molar-refractivity contribution in [1.29, 1.82) is 0 Å². The van der Waals surface area contributed by atoms with E-state index >= 15 is 0 Å². The minimum absolute atomic E-state index is 0.347. The molecule has 4 nitrogen and oxygen atoms in total. The molecule has 23 heavy (non-hydrogen) atoms. The van der Waals surface area contributed by atoms with Crippen molar-refractivity contribution in [2.24, 2.45) is 11.8 Å². The second kappa shape index (κ2) is 8.34. The molecule has 1 unspecified atom stereocenters. The number of amides is 1. The van der Waals surface area contributed by atoms with Gasteiger partial charge in [-0.2, -0.15) is 0 Å². The number of carbonyl (C=O) groups is 1. The highest BCUT2D eigenvalue weighted by atomic mass is 16.5. The Kier molecular flexibility index (Phi) is 5.92. The molecule has 1 amide bonds. The van der Waals surface area contributed by atoms with Crippen LogP contribution < -0.4 is 10.1 Å². The summed E-state index contributed by atoms with van der Waals surface area (Å²) in [5, 5.41) is 3.37. The maximum Gasteiger partial charge on any atom is 0.222 e. The van der Waals surface area contributed by atoms with E-state index in [0.29, 0.717) is 17.7 Å². The molecule has 2 fully saturated rings. The first-order valence-electron chi connectivity index (χ1n) is 8.97. The molecule has 0 aromatic heterocycles. The van der Waals surface area contributed by atoms with Crippen LogP contribution in [0.15, 0.2) is 30.3 Å². The van der Waals surface area contributed by atoms with E-state index in [4.69, 9.17) is 4.74 Å². The number of nitrogens with one attached hydrogen (secondary N) is 1. The van der Waals surface area contributed by atoms with Gasteiger partial charge in [0.05, 0.1) is 6.61 Å². The van der Waals surface area contributed by atoms with Crippen LogP contribution in [0.2, 0.25) is 0 Å². The molecule has 2 saturated heterocycles. The Morgan fingerprint density at radius 3 is 2.61 bits per heavy atom. The molecule has 2 aliphatic heterocycles. The third kappa shape index (κ3) is 4.96. The molecule has 1 atom stereocenters. The molecule has 0 saturated carbocycles. The molecule has 1 aromatic rings. The highest BCUT2D eigenvalue weighted by Crippen LogP contribution is 2.21. The Labute approximate surface area is 139 Å². The number of para-hydroxylation sites is 1. The second-order valence-electron chi connectivity index (χ2n) is 6.85. The summed E-state index contributed by atoms with van der Waals surface area (Å²) < 4.78 is 5.85. The van der Waals surface area contributed by atoms with Crippen molar-refractivity contribution >= 4 is 5.91 Å². The van der Waals surface area contributed by atoms with Crippen molar-refractivity contribution in [3.63, 3.8) is 0 Å². The highest BCUT2D eigenvalue weighted by molar-refractivity contribution is 5.76. The predicted octanol–water partition coefficient (Wildman–Crippen LogP) is 2.69. The van der Waals surface area contributed by atoms with Gasteiger partial charge in [-0.15, -0.1) is 0 Å². The van der Waals surface area contributed by atoms with Crippen molar-refractivity contribution in [2.45, 2.75) is 32.1 Å². The maximum absolute atomic E-state index is 12.3. The zero-order valence-electron chi connectivity index (χ0n) is 13.9. The lowest BCUT2D eigenvalue weighted by atomic mass is 9.96. The fourth-order valence-corrected chi connectivity index (χ4v) is 3.53. The van der Waals surface area contributed by atoms with Gasteiger partial charge in [-0.3, -0.25) is 4.79 Å². The van der Waals surface area contributed by atoms with E-state index in [9.17, 15) is 4.79 Å². The van der Waals surface area contributed by atoms with Crippen molar-refractivity contribution in [2.75, 3.05) is 32.8 Å². The zero-order valence-corrected chi connectivity index (χ0v) is 13.9. The summed E-state index contributed by atoms with van der Waals surface area (Å²) in [4.78, 5) is 14.4. The number of rotatable bonds is 6. The van der Waals surface area contributed by atoms with E-state index < -0.39 is 0 Å². The molecule has 0 aliphatic carbocycles. The number of benzene rings is 1. The average molecular weight is 316 g/mol. The van der Waals surface area contributed by atoms with Crippen LogP contribution in [0.25, 0.3) is 0 Å². The lowest BCUT2D eigenvalue weighted by Gasteiger charge is -2.32. The van der Waals surface area contributed by atoms with E-state index in [1.54, 1.807) is 0 Å². The molecule has 0 spiro atoms. The molecule has 4 heteroatoms. The van der Waals surface area contributed by atoms with Crippen LogP contribution in [-0.2, 0) is 4.79 Å². The lowest BCUT2D eigenvalue weighted by molar-refractivity contribution is -0.133. The monoisotopic (exact) mass is 316 g/mol. The first-order valence-corrected chi connectivity index (χ1v) is 8.97. The standard InChI is InChI=1S/C19H28N2O2/c22-19(7-6-16-8-11-20-14-16)21-12-9-17(10-13-21)15-23-18-4-2-1-3-5-18/h1-5,16-17,20H,6-15H2. The Morgan fingerprint density at radius 1 is 1.13 bits per heavy atom. The van der Waals surface area contributed by atoms with E-state index in [1.807, 2.05) is 30.3 Å². The molecule has 0 radical (unpaired) electrons. The van der Waals surface area contributed by atoms with Gasteiger partial charge >= 0.3 is 0 Å². The molecule has 0 bridgehead atoms. The summed E-state index contributed by atoms with van der Waals surface area (Å²) in [6, 6.07) is 9.98. The third-order valence-corrected chi connectivity index (χ3v) is 5.12. The number of nitrogens with zero attached hydrogens (tertiary/aromatic N) is 1. The minimum Gasteiger partial charge on any atom is -0.493 e. The van der Waals surface area contributed by atoms with Crippen LogP contribution in [0.5, 0.6) is 5.75 Å². The van der Waals surface area contributed by atoms with Gasteiger partial charge in [0.1, 0.15) is 5.75 Å². The van der Waals surface area contributed by atoms with Gasteiger partial charge in [0, 0.05) is 19.5 Å². The number of piperidine rings is 1. The number of hydrogen-bond acceptors (Lipinski definition) is 3. The number of ether oxygens (including phenoxy) is 1. The van der Waals surface area contributed by atoms with Gasteiger partial charge in [0.25, 0.3) is 0 Å². The van der Waals surface area contributed by atoms with Gasteiger partial charge in [-0.1, -0.05) is 18.2 Å². The van der Waals surface area contributed by atoms with Gasteiger partial charge in [-0.25, -0.2) is 0 Å². The smallest absolute Gasteiger partial charge is 0.222 e. The summed E-state index contributed by atoms with van der Waals surface area (Å²) in [6.45, 7) is 4.76. The van der Waals surface area contributed by atoms with Gasteiger partial charge in [0.2, 0.25) is 5.91 Å². The van der Waals surface area contributed by atoms with Crippen molar-refractivity contribution in [1.82, 2.24) is 10.2 Å². The normalized spacial score (nSPS) is 22.3. The molecule has 3 rings (SSSR count). The minimum atomic E-state index is 0.347. The van der Waals surface area contributed by atoms with Crippen LogP contribution in [-0.4, -0.2) is 43.6 Å². The molecule has 1 aromatic carbocycles. The Morgan fingerprint density at radius 2 is 1.91 bits per heavy atom. The molecular formula is C19H28N2O2. The van der Waals surface area contributed by atoms with Crippen molar-refractivity contribution < 1.29 is 9.53 Å². The fraction of sp³-hybridized carbons (Fsp3) is 0.632. The SMILES string of the molecule is O=C(CCC1CCNC1)N1CCC(COc2ccccc2)CC1. The largest absolute Gasteiger partial charge is 0.493 e. The zero-order chi connectivity index (χ0) is 15.9. The van der Waals surface area contributed by atoms with Crippen LogP contribution >= 0.6 is 0 Å².